The summed E-state index contributed by atoms with van der Waals surface area (Å²) in [5, 5.41) is 10.3. The fraction of sp³-hybridized carbons (Fsp3) is 0.667. The highest BCUT2D eigenvalue weighted by Gasteiger charge is 2.35. The van der Waals surface area contributed by atoms with Crippen molar-refractivity contribution < 1.29 is 27.4 Å². The lowest BCUT2D eigenvalue weighted by molar-refractivity contribution is -0.137. The Morgan fingerprint density at radius 2 is 1.87 bits per heavy atom. The normalized spacial score (nSPS) is 17.5. The standard InChI is InChI=1S/C24H35F3N8O3/c1-18-20(16-35(32-18)9-3-6-33-10-13-37-14-11-33)30-23-29-15-19(24(25,26)27)22(31-23)28-5-2-7-34-8-4-12-38-17-21(34)36/h15-16H,2-14,17H2,1H3,(H2,28,29,30,31). The van der Waals surface area contributed by atoms with E-state index in [-0.39, 0.29) is 30.8 Å². The summed E-state index contributed by atoms with van der Waals surface area (Å²) in [6, 6.07) is 0. The largest absolute Gasteiger partial charge is 0.421 e. The molecular weight excluding hydrogens is 505 g/mol. The molecule has 0 spiro atoms. The van der Waals surface area contributed by atoms with E-state index in [1.165, 1.54) is 0 Å². The van der Waals surface area contributed by atoms with E-state index in [1.807, 2.05) is 17.8 Å². The maximum absolute atomic E-state index is 13.6. The van der Waals surface area contributed by atoms with Crippen LogP contribution >= 0.6 is 0 Å². The van der Waals surface area contributed by atoms with E-state index in [0.717, 1.165) is 51.9 Å². The number of ether oxygens (including phenoxy) is 2. The second-order valence-electron chi connectivity index (χ2n) is 9.34. The zero-order chi connectivity index (χ0) is 27.0. The number of halogens is 3. The molecule has 4 heterocycles. The average molecular weight is 541 g/mol. The van der Waals surface area contributed by atoms with Crippen LogP contribution in [0.2, 0.25) is 0 Å². The van der Waals surface area contributed by atoms with Crippen molar-refractivity contribution in [2.24, 2.45) is 0 Å². The Labute approximate surface area is 219 Å². The van der Waals surface area contributed by atoms with Crippen LogP contribution in [0.1, 0.15) is 30.5 Å². The number of hydrogen-bond acceptors (Lipinski definition) is 9. The Bertz CT molecular complexity index is 1060. The number of hydrogen-bond donors (Lipinski definition) is 2. The van der Waals surface area contributed by atoms with Crippen molar-refractivity contribution in [2.45, 2.75) is 38.9 Å². The number of rotatable bonds is 11. The van der Waals surface area contributed by atoms with Gasteiger partial charge in [-0.05, 0) is 26.2 Å². The summed E-state index contributed by atoms with van der Waals surface area (Å²) < 4.78 is 53.2. The van der Waals surface area contributed by atoms with Gasteiger partial charge < -0.3 is 25.0 Å². The van der Waals surface area contributed by atoms with E-state index in [0.29, 0.717) is 44.0 Å². The molecule has 0 aliphatic carbocycles. The van der Waals surface area contributed by atoms with Crippen molar-refractivity contribution in [2.75, 3.05) is 76.3 Å². The lowest BCUT2D eigenvalue weighted by Crippen LogP contribution is -2.37. The van der Waals surface area contributed by atoms with Crippen LogP contribution in [0.15, 0.2) is 12.4 Å². The van der Waals surface area contributed by atoms with Crippen molar-refractivity contribution in [3.8, 4) is 0 Å². The maximum atomic E-state index is 13.6. The molecule has 2 aliphatic heterocycles. The summed E-state index contributed by atoms with van der Waals surface area (Å²) in [4.78, 5) is 24.1. The molecule has 0 radical (unpaired) electrons. The van der Waals surface area contributed by atoms with Gasteiger partial charge in [-0.15, -0.1) is 0 Å². The fourth-order valence-corrected chi connectivity index (χ4v) is 4.39. The molecule has 14 heteroatoms. The predicted octanol–water partition coefficient (Wildman–Crippen LogP) is 2.52. The van der Waals surface area contributed by atoms with Crippen molar-refractivity contribution in [1.82, 2.24) is 29.5 Å². The van der Waals surface area contributed by atoms with Gasteiger partial charge in [0.1, 0.15) is 18.0 Å². The molecule has 0 atom stereocenters. The summed E-state index contributed by atoms with van der Waals surface area (Å²) in [6.07, 6.45) is 0.0934. The van der Waals surface area contributed by atoms with Gasteiger partial charge in [0.25, 0.3) is 0 Å². The van der Waals surface area contributed by atoms with E-state index in [9.17, 15) is 18.0 Å². The molecule has 0 unspecified atom stereocenters. The number of carbonyl (C=O) groups excluding carboxylic acids is 1. The van der Waals surface area contributed by atoms with Gasteiger partial charge in [0.15, 0.2) is 0 Å². The molecule has 38 heavy (non-hydrogen) atoms. The van der Waals surface area contributed by atoms with Crippen molar-refractivity contribution >= 4 is 23.4 Å². The number of aryl methyl sites for hydroxylation is 2. The van der Waals surface area contributed by atoms with Gasteiger partial charge >= 0.3 is 6.18 Å². The predicted molar refractivity (Wildman–Crippen MR) is 134 cm³/mol. The first-order chi connectivity index (χ1) is 18.3. The number of nitrogens with one attached hydrogen (secondary N) is 2. The van der Waals surface area contributed by atoms with Gasteiger partial charge in [0.05, 0.1) is 24.6 Å². The van der Waals surface area contributed by atoms with Gasteiger partial charge in [-0.25, -0.2) is 4.98 Å². The third-order valence-corrected chi connectivity index (χ3v) is 6.44. The van der Waals surface area contributed by atoms with Crippen molar-refractivity contribution in [3.63, 3.8) is 0 Å². The number of alkyl halides is 3. The third-order valence-electron chi connectivity index (χ3n) is 6.44. The molecule has 1 amide bonds. The first-order valence-corrected chi connectivity index (χ1v) is 12.9. The van der Waals surface area contributed by atoms with Gasteiger partial charge in [-0.1, -0.05) is 0 Å². The van der Waals surface area contributed by atoms with Crippen LogP contribution in [0.3, 0.4) is 0 Å². The second kappa shape index (κ2) is 13.2. The van der Waals surface area contributed by atoms with Crippen LogP contribution in [0, 0.1) is 6.92 Å². The number of carbonyl (C=O) groups is 1. The van der Waals surface area contributed by atoms with E-state index in [4.69, 9.17) is 9.47 Å². The number of amides is 1. The van der Waals surface area contributed by atoms with Crippen LogP contribution in [0.4, 0.5) is 30.6 Å². The minimum atomic E-state index is -4.61. The SMILES string of the molecule is Cc1nn(CCCN2CCOCC2)cc1Nc1ncc(C(F)(F)F)c(NCCCN2CCCOCC2=O)n1. The fourth-order valence-electron chi connectivity index (χ4n) is 4.39. The quantitative estimate of drug-likeness (QED) is 0.416. The molecule has 2 N–H and O–H groups in total. The summed E-state index contributed by atoms with van der Waals surface area (Å²) in [6.45, 7) is 8.63. The average Bonchev–Trinajstić information content (AvgIpc) is 3.09. The first kappa shape index (κ1) is 28.0. The number of anilines is 3. The molecule has 2 aromatic heterocycles. The van der Waals surface area contributed by atoms with Crippen LogP contribution < -0.4 is 10.6 Å². The second-order valence-corrected chi connectivity index (χ2v) is 9.34. The first-order valence-electron chi connectivity index (χ1n) is 12.9. The smallest absolute Gasteiger partial charge is 0.379 e. The molecule has 0 saturated carbocycles. The van der Waals surface area contributed by atoms with Crippen LogP contribution in [0.25, 0.3) is 0 Å². The summed E-state index contributed by atoms with van der Waals surface area (Å²) in [5.74, 6) is -0.378. The van der Waals surface area contributed by atoms with Gasteiger partial charge in [0, 0.05) is 64.8 Å². The number of aromatic nitrogens is 4. The maximum Gasteiger partial charge on any atom is 0.421 e. The van der Waals surface area contributed by atoms with E-state index >= 15 is 0 Å². The van der Waals surface area contributed by atoms with Crippen LogP contribution in [-0.4, -0.2) is 101 Å². The summed E-state index contributed by atoms with van der Waals surface area (Å²) in [7, 11) is 0. The van der Waals surface area contributed by atoms with Crippen LogP contribution in [-0.2, 0) is 27.0 Å². The molecule has 2 saturated heterocycles. The number of morpholine rings is 1. The minimum absolute atomic E-state index is 0.0382. The zero-order valence-corrected chi connectivity index (χ0v) is 21.6. The molecule has 0 bridgehead atoms. The summed E-state index contributed by atoms with van der Waals surface area (Å²) >= 11 is 0. The minimum Gasteiger partial charge on any atom is -0.379 e. The topological polar surface area (TPSA) is 110 Å². The molecule has 210 valence electrons. The monoisotopic (exact) mass is 540 g/mol. The molecular formula is C24H35F3N8O3. The highest BCUT2D eigenvalue weighted by molar-refractivity contribution is 5.77. The Balaban J connectivity index is 1.34. The molecule has 2 aromatic rings. The summed E-state index contributed by atoms with van der Waals surface area (Å²) in [5.41, 5.74) is 0.377. The van der Waals surface area contributed by atoms with E-state index < -0.39 is 11.7 Å². The molecule has 2 fully saturated rings. The number of nitrogens with zero attached hydrogens (tertiary/aromatic N) is 6. The Morgan fingerprint density at radius 3 is 2.66 bits per heavy atom. The lowest BCUT2D eigenvalue weighted by Gasteiger charge is -2.26. The molecule has 2 aliphatic rings. The highest BCUT2D eigenvalue weighted by Crippen LogP contribution is 2.34. The van der Waals surface area contributed by atoms with Gasteiger partial charge in [-0.2, -0.15) is 23.3 Å². The van der Waals surface area contributed by atoms with Crippen LogP contribution in [0.5, 0.6) is 0 Å². The van der Waals surface area contributed by atoms with Gasteiger partial charge in [0.2, 0.25) is 11.9 Å². The van der Waals surface area contributed by atoms with E-state index in [2.05, 4.69) is 30.6 Å². The lowest BCUT2D eigenvalue weighted by atomic mass is 10.3. The van der Waals surface area contributed by atoms with Gasteiger partial charge in [-0.3, -0.25) is 14.4 Å². The Hall–Kier alpha value is -2.97. The van der Waals surface area contributed by atoms with E-state index in [1.54, 1.807) is 4.90 Å². The van der Waals surface area contributed by atoms with Crippen molar-refractivity contribution in [3.05, 3.63) is 23.7 Å². The molecule has 11 nitrogen and oxygen atoms in total. The third kappa shape index (κ3) is 8.01. The zero-order valence-electron chi connectivity index (χ0n) is 21.6. The van der Waals surface area contributed by atoms with Crippen molar-refractivity contribution in [1.29, 1.82) is 0 Å². The Morgan fingerprint density at radius 1 is 1.05 bits per heavy atom. The molecule has 4 rings (SSSR count). The highest BCUT2D eigenvalue weighted by atomic mass is 19.4. The molecule has 0 aromatic carbocycles. The Kier molecular flexibility index (Phi) is 9.74.